The Hall–Kier alpha value is -4.32. The lowest BCUT2D eigenvalue weighted by Gasteiger charge is -2.31. The number of carbonyl (C=O) groups is 3. The van der Waals surface area contributed by atoms with Crippen LogP contribution in [0.5, 0.6) is 5.75 Å². The normalized spacial score (nSPS) is 29.2. The fourth-order valence-corrected chi connectivity index (χ4v) is 6.71. The molecule has 1 saturated carbocycles. The molecular weight excluding hydrogens is 470 g/mol. The molecule has 2 aromatic carbocycles. The van der Waals surface area contributed by atoms with Crippen LogP contribution in [0.4, 0.5) is 5.69 Å². The first-order valence-corrected chi connectivity index (χ1v) is 12.5. The second kappa shape index (κ2) is 7.59. The van der Waals surface area contributed by atoms with Crippen LogP contribution in [0.2, 0.25) is 0 Å². The maximum atomic E-state index is 14.0. The SMILES string of the molecule is COc1cccc2[nH]c(C(=O)N3[C@@H]4C[C@@H]4C[C@H]3C(=O)N3C[C@]4(C[C@H]3C#N)C(=O)Nc3ccccc34)cc12. The number of aromatic amines is 1. The molecule has 4 heterocycles. The fraction of sp³-hybridized carbons (Fsp3) is 0.357. The van der Waals surface area contributed by atoms with Crippen LogP contribution in [0.15, 0.2) is 48.5 Å². The highest BCUT2D eigenvalue weighted by Crippen LogP contribution is 2.51. The van der Waals surface area contributed by atoms with Gasteiger partial charge in [0.2, 0.25) is 11.8 Å². The van der Waals surface area contributed by atoms with Crippen molar-refractivity contribution in [3.05, 3.63) is 59.8 Å². The zero-order valence-corrected chi connectivity index (χ0v) is 20.2. The predicted octanol–water partition coefficient (Wildman–Crippen LogP) is 2.79. The lowest BCUT2D eigenvalue weighted by molar-refractivity contribution is -0.136. The zero-order chi connectivity index (χ0) is 25.5. The molecule has 37 heavy (non-hydrogen) atoms. The number of anilines is 1. The molecule has 2 N–H and O–H groups in total. The third-order valence-electron chi connectivity index (χ3n) is 8.61. The first-order chi connectivity index (χ1) is 17.9. The highest BCUT2D eigenvalue weighted by Gasteiger charge is 2.61. The molecule has 0 radical (unpaired) electrons. The van der Waals surface area contributed by atoms with E-state index in [1.165, 1.54) is 4.90 Å². The third kappa shape index (κ3) is 2.99. The predicted molar refractivity (Wildman–Crippen MR) is 134 cm³/mol. The first-order valence-electron chi connectivity index (χ1n) is 12.5. The summed E-state index contributed by atoms with van der Waals surface area (Å²) in [7, 11) is 1.59. The fourth-order valence-electron chi connectivity index (χ4n) is 6.71. The highest BCUT2D eigenvalue weighted by atomic mass is 16.5. The summed E-state index contributed by atoms with van der Waals surface area (Å²) in [5.41, 5.74) is 1.80. The summed E-state index contributed by atoms with van der Waals surface area (Å²) in [6.07, 6.45) is 1.69. The minimum atomic E-state index is -0.948. The van der Waals surface area contributed by atoms with Crippen LogP contribution in [0.25, 0.3) is 10.9 Å². The van der Waals surface area contributed by atoms with E-state index in [1.807, 2.05) is 42.5 Å². The molecule has 3 fully saturated rings. The van der Waals surface area contributed by atoms with Crippen LogP contribution in [-0.4, -0.2) is 64.3 Å². The third-order valence-corrected chi connectivity index (χ3v) is 8.61. The molecule has 3 aliphatic heterocycles. The number of hydrogen-bond donors (Lipinski definition) is 2. The number of piperidine rings is 1. The van der Waals surface area contributed by atoms with Crippen molar-refractivity contribution in [2.75, 3.05) is 19.0 Å². The Labute approximate surface area is 213 Å². The average molecular weight is 496 g/mol. The summed E-state index contributed by atoms with van der Waals surface area (Å²) >= 11 is 0. The second-order valence-electron chi connectivity index (χ2n) is 10.5. The Morgan fingerprint density at radius 3 is 2.81 bits per heavy atom. The molecule has 0 unspecified atom stereocenters. The van der Waals surface area contributed by atoms with E-state index in [0.29, 0.717) is 17.9 Å². The van der Waals surface area contributed by atoms with Crippen LogP contribution in [0, 0.1) is 17.2 Å². The van der Waals surface area contributed by atoms with Gasteiger partial charge in [0.05, 0.1) is 18.6 Å². The number of para-hydroxylation sites is 1. The van der Waals surface area contributed by atoms with Gasteiger partial charge in [0.25, 0.3) is 5.91 Å². The Bertz CT molecular complexity index is 1540. The molecule has 9 heteroatoms. The number of nitrogens with one attached hydrogen (secondary N) is 2. The lowest BCUT2D eigenvalue weighted by atomic mass is 9.80. The summed E-state index contributed by atoms with van der Waals surface area (Å²) in [6.45, 7) is 0.129. The summed E-state index contributed by atoms with van der Waals surface area (Å²) in [5.74, 6) is 0.284. The average Bonchev–Trinajstić information content (AvgIpc) is 3.27. The molecule has 3 amide bonds. The van der Waals surface area contributed by atoms with E-state index in [-0.39, 0.29) is 42.6 Å². The summed E-state index contributed by atoms with van der Waals surface area (Å²) in [5, 5.41) is 13.7. The molecule has 4 aliphatic rings. The number of aromatic nitrogens is 1. The van der Waals surface area contributed by atoms with Gasteiger partial charge in [-0.05, 0) is 48.6 Å². The lowest BCUT2D eigenvalue weighted by Crippen LogP contribution is -2.51. The molecule has 5 atom stereocenters. The van der Waals surface area contributed by atoms with E-state index in [2.05, 4.69) is 16.4 Å². The van der Waals surface area contributed by atoms with E-state index in [9.17, 15) is 19.6 Å². The van der Waals surface area contributed by atoms with Crippen molar-refractivity contribution in [3.8, 4) is 11.8 Å². The van der Waals surface area contributed by atoms with Crippen LogP contribution in [0.1, 0.15) is 35.3 Å². The van der Waals surface area contributed by atoms with Crippen molar-refractivity contribution < 1.29 is 19.1 Å². The van der Waals surface area contributed by atoms with Crippen LogP contribution in [0.3, 0.4) is 0 Å². The van der Waals surface area contributed by atoms with Crippen LogP contribution in [-0.2, 0) is 15.0 Å². The Kier molecular flexibility index (Phi) is 4.50. The number of benzene rings is 2. The quantitative estimate of drug-likeness (QED) is 0.579. The van der Waals surface area contributed by atoms with Gasteiger partial charge in [0.1, 0.15) is 23.5 Å². The van der Waals surface area contributed by atoms with Gasteiger partial charge >= 0.3 is 0 Å². The molecular formula is C28H25N5O4. The van der Waals surface area contributed by atoms with E-state index in [4.69, 9.17) is 4.74 Å². The minimum Gasteiger partial charge on any atom is -0.496 e. The minimum absolute atomic E-state index is 0.0161. The van der Waals surface area contributed by atoms with Crippen molar-refractivity contribution in [1.82, 2.24) is 14.8 Å². The number of amides is 3. The zero-order valence-electron chi connectivity index (χ0n) is 20.2. The molecule has 1 aliphatic carbocycles. The number of methoxy groups -OCH3 is 1. The number of hydrogen-bond acceptors (Lipinski definition) is 5. The van der Waals surface area contributed by atoms with Crippen LogP contribution < -0.4 is 10.1 Å². The summed E-state index contributed by atoms with van der Waals surface area (Å²) in [6, 6.07) is 15.7. The molecule has 9 nitrogen and oxygen atoms in total. The summed E-state index contributed by atoms with van der Waals surface area (Å²) < 4.78 is 5.44. The molecule has 7 rings (SSSR count). The van der Waals surface area contributed by atoms with E-state index >= 15 is 0 Å². The van der Waals surface area contributed by atoms with Crippen LogP contribution >= 0.6 is 0 Å². The molecule has 3 aromatic rings. The number of carbonyl (C=O) groups excluding carboxylic acids is 3. The van der Waals surface area contributed by atoms with Gasteiger partial charge in [-0.2, -0.15) is 5.26 Å². The van der Waals surface area contributed by atoms with Gasteiger partial charge in [0, 0.05) is 35.6 Å². The number of nitriles is 1. The van der Waals surface area contributed by atoms with Crippen molar-refractivity contribution >= 4 is 34.3 Å². The van der Waals surface area contributed by atoms with Gasteiger partial charge in [-0.1, -0.05) is 24.3 Å². The van der Waals surface area contributed by atoms with Gasteiger partial charge in [-0.3, -0.25) is 14.4 Å². The number of rotatable bonds is 3. The van der Waals surface area contributed by atoms with Gasteiger partial charge in [-0.15, -0.1) is 0 Å². The van der Waals surface area contributed by atoms with E-state index < -0.39 is 17.5 Å². The number of likely N-dealkylation sites (tertiary alicyclic amines) is 2. The first kappa shape index (κ1) is 21.9. The van der Waals surface area contributed by atoms with Crippen molar-refractivity contribution in [2.24, 2.45) is 5.92 Å². The van der Waals surface area contributed by atoms with Gasteiger partial charge < -0.3 is 24.8 Å². The topological polar surface area (TPSA) is 119 Å². The number of H-pyrrole nitrogens is 1. The molecule has 1 spiro atoms. The van der Waals surface area contributed by atoms with Gasteiger partial charge in [-0.25, -0.2) is 0 Å². The molecule has 2 saturated heterocycles. The maximum Gasteiger partial charge on any atom is 0.271 e. The molecule has 0 bridgehead atoms. The van der Waals surface area contributed by atoms with Gasteiger partial charge in [0.15, 0.2) is 0 Å². The number of fused-ring (bicyclic) bond motifs is 4. The Morgan fingerprint density at radius 1 is 1.16 bits per heavy atom. The Balaban J connectivity index is 1.20. The second-order valence-corrected chi connectivity index (χ2v) is 10.5. The van der Waals surface area contributed by atoms with E-state index in [1.54, 1.807) is 18.1 Å². The molecule has 1 aromatic heterocycles. The summed E-state index contributed by atoms with van der Waals surface area (Å²) in [4.78, 5) is 47.3. The van der Waals surface area contributed by atoms with E-state index in [0.717, 1.165) is 28.6 Å². The largest absolute Gasteiger partial charge is 0.496 e. The smallest absolute Gasteiger partial charge is 0.271 e. The monoisotopic (exact) mass is 495 g/mol. The van der Waals surface area contributed by atoms with Crippen molar-refractivity contribution in [3.63, 3.8) is 0 Å². The highest BCUT2D eigenvalue weighted by molar-refractivity contribution is 6.08. The number of ether oxygens (including phenoxy) is 1. The Morgan fingerprint density at radius 2 is 2.00 bits per heavy atom. The van der Waals surface area contributed by atoms with Crippen molar-refractivity contribution in [1.29, 1.82) is 5.26 Å². The standard InChI is InChI=1S/C28H25N5O4/c1-37-24-8-4-7-19-17(24)11-21(30-19)25(34)33-22-9-15(22)10-23(33)26(35)32-14-28(12-16(32)13-29)18-5-2-3-6-20(18)31-27(28)36/h2-8,11,15-16,22-23,30H,9-10,12,14H2,1H3,(H,31,36)/t15-,16+,22-,23+,28+/m1/s1. The number of nitrogens with zero attached hydrogens (tertiary/aromatic N) is 3. The maximum absolute atomic E-state index is 14.0. The molecule has 186 valence electrons. The van der Waals surface area contributed by atoms with Crippen molar-refractivity contribution in [2.45, 2.75) is 42.8 Å².